The van der Waals surface area contributed by atoms with Gasteiger partial charge in [-0.05, 0) is 43.7 Å². The molecule has 1 aliphatic carbocycles. The molecule has 4 nitrogen and oxygen atoms in total. The molecule has 0 bridgehead atoms. The number of rotatable bonds is 6. The van der Waals surface area contributed by atoms with Gasteiger partial charge in [0.1, 0.15) is 0 Å². The van der Waals surface area contributed by atoms with Crippen LogP contribution in [0.5, 0.6) is 0 Å². The minimum Gasteiger partial charge on any atom is -0.355 e. The zero-order valence-electron chi connectivity index (χ0n) is 12.1. The van der Waals surface area contributed by atoms with Crippen LogP contribution in [0.15, 0.2) is 28.1 Å². The number of nitrogens with zero attached hydrogens (tertiary/aromatic N) is 2. The molecule has 2 aliphatic rings. The Morgan fingerprint density at radius 3 is 3.05 bits per heavy atom. The highest BCUT2D eigenvalue weighted by Crippen LogP contribution is 2.30. The molecular weight excluding hydrogens is 282 g/mol. The van der Waals surface area contributed by atoms with Gasteiger partial charge in [0.05, 0.1) is 10.6 Å². The fourth-order valence-corrected chi connectivity index (χ4v) is 3.78. The quantitative estimate of drug-likeness (QED) is 0.890. The molecule has 21 heavy (non-hydrogen) atoms. The highest BCUT2D eigenvalue weighted by Gasteiger charge is 2.31. The van der Waals surface area contributed by atoms with Crippen LogP contribution < -0.4 is 5.32 Å². The second kappa shape index (κ2) is 5.91. The summed E-state index contributed by atoms with van der Waals surface area (Å²) in [6.45, 7) is 3.24. The van der Waals surface area contributed by atoms with Crippen molar-refractivity contribution >= 4 is 11.3 Å². The van der Waals surface area contributed by atoms with Crippen LogP contribution in [0.2, 0.25) is 0 Å². The van der Waals surface area contributed by atoms with E-state index in [1.165, 1.54) is 32.2 Å². The Kier molecular flexibility index (Phi) is 3.80. The number of nitrogens with one attached hydrogen (secondary N) is 1. The van der Waals surface area contributed by atoms with Gasteiger partial charge < -0.3 is 9.84 Å². The molecular formula is C16H21N3OS. The molecule has 3 heterocycles. The van der Waals surface area contributed by atoms with Crippen LogP contribution in [0.4, 0.5) is 0 Å². The maximum Gasteiger partial charge on any atom is 0.177 e. The van der Waals surface area contributed by atoms with E-state index in [0.29, 0.717) is 6.04 Å². The molecule has 5 heteroatoms. The highest BCUT2D eigenvalue weighted by molar-refractivity contribution is 7.13. The lowest BCUT2D eigenvalue weighted by Gasteiger charge is -2.24. The van der Waals surface area contributed by atoms with E-state index < -0.39 is 0 Å². The van der Waals surface area contributed by atoms with Crippen molar-refractivity contribution in [1.29, 1.82) is 0 Å². The summed E-state index contributed by atoms with van der Waals surface area (Å²) in [6, 6.07) is 7.65. The first-order chi connectivity index (χ1) is 10.4. The topological polar surface area (TPSA) is 41.3 Å². The molecule has 1 aliphatic heterocycles. The summed E-state index contributed by atoms with van der Waals surface area (Å²) in [7, 11) is 0. The smallest absolute Gasteiger partial charge is 0.177 e. The van der Waals surface area contributed by atoms with Crippen LogP contribution in [0.3, 0.4) is 0 Å². The predicted molar refractivity (Wildman–Crippen MR) is 84.3 cm³/mol. The van der Waals surface area contributed by atoms with Gasteiger partial charge in [-0.3, -0.25) is 4.90 Å². The van der Waals surface area contributed by atoms with Gasteiger partial charge in [0.25, 0.3) is 0 Å². The van der Waals surface area contributed by atoms with Crippen LogP contribution in [0, 0.1) is 0 Å². The molecule has 112 valence electrons. The molecule has 0 aromatic carbocycles. The largest absolute Gasteiger partial charge is 0.355 e. The van der Waals surface area contributed by atoms with Crippen LogP contribution in [-0.2, 0) is 6.54 Å². The lowest BCUT2D eigenvalue weighted by molar-refractivity contribution is 0.224. The number of hydrogen-bond acceptors (Lipinski definition) is 5. The van der Waals surface area contributed by atoms with E-state index in [4.69, 9.17) is 4.52 Å². The van der Waals surface area contributed by atoms with Crippen LogP contribution >= 0.6 is 11.3 Å². The molecule has 0 radical (unpaired) electrons. The van der Waals surface area contributed by atoms with Crippen molar-refractivity contribution in [3.8, 4) is 10.6 Å². The Morgan fingerprint density at radius 1 is 1.38 bits per heavy atom. The van der Waals surface area contributed by atoms with Crippen molar-refractivity contribution in [2.75, 3.05) is 13.1 Å². The SMILES string of the molecule is c1csc(-c2cc(CN(CC3CCCN3)C3CC3)no2)c1. The third-order valence-electron chi connectivity index (χ3n) is 4.37. The molecule has 1 atom stereocenters. The Labute approximate surface area is 129 Å². The van der Waals surface area contributed by atoms with Gasteiger partial charge >= 0.3 is 0 Å². The van der Waals surface area contributed by atoms with Crippen molar-refractivity contribution in [3.63, 3.8) is 0 Å². The predicted octanol–water partition coefficient (Wildman–Crippen LogP) is 3.12. The summed E-state index contributed by atoms with van der Waals surface area (Å²) in [5, 5.41) is 9.93. The molecule has 2 aromatic heterocycles. The Hall–Kier alpha value is -1.17. The van der Waals surface area contributed by atoms with Crippen LogP contribution in [0.1, 0.15) is 31.4 Å². The van der Waals surface area contributed by atoms with Crippen molar-refractivity contribution < 1.29 is 4.52 Å². The monoisotopic (exact) mass is 303 g/mol. The van der Waals surface area contributed by atoms with Gasteiger partial charge in [-0.2, -0.15) is 0 Å². The molecule has 2 aromatic rings. The summed E-state index contributed by atoms with van der Waals surface area (Å²) in [4.78, 5) is 3.74. The van der Waals surface area contributed by atoms with Crippen molar-refractivity contribution in [1.82, 2.24) is 15.4 Å². The summed E-state index contributed by atoms with van der Waals surface area (Å²) >= 11 is 1.70. The molecule has 4 rings (SSSR count). The van der Waals surface area contributed by atoms with E-state index in [2.05, 4.69) is 32.9 Å². The summed E-state index contributed by atoms with van der Waals surface area (Å²) in [5.74, 6) is 0.898. The first kappa shape index (κ1) is 13.5. The average molecular weight is 303 g/mol. The molecule has 1 N–H and O–H groups in total. The van der Waals surface area contributed by atoms with E-state index in [0.717, 1.165) is 35.5 Å². The van der Waals surface area contributed by atoms with Crippen molar-refractivity contribution in [2.45, 2.75) is 44.3 Å². The normalized spacial score (nSPS) is 22.2. The number of hydrogen-bond donors (Lipinski definition) is 1. The van der Waals surface area contributed by atoms with Gasteiger partial charge in [0.15, 0.2) is 5.76 Å². The Bertz CT molecular complexity index is 570. The summed E-state index contributed by atoms with van der Waals surface area (Å²) < 4.78 is 5.50. The zero-order valence-corrected chi connectivity index (χ0v) is 12.9. The molecule has 0 amide bonds. The first-order valence-corrected chi connectivity index (χ1v) is 8.73. The average Bonchev–Trinajstić information content (AvgIpc) is 2.93. The second-order valence-corrected chi connectivity index (χ2v) is 7.06. The third kappa shape index (κ3) is 3.20. The van der Waals surface area contributed by atoms with E-state index in [1.54, 1.807) is 11.3 Å². The molecule has 0 spiro atoms. The minimum atomic E-state index is 0.661. The summed E-state index contributed by atoms with van der Waals surface area (Å²) in [6.07, 6.45) is 5.29. The van der Waals surface area contributed by atoms with Gasteiger partial charge in [0, 0.05) is 31.2 Å². The Morgan fingerprint density at radius 2 is 2.33 bits per heavy atom. The van der Waals surface area contributed by atoms with Crippen molar-refractivity contribution in [2.24, 2.45) is 0 Å². The maximum atomic E-state index is 5.50. The van der Waals surface area contributed by atoms with Gasteiger partial charge in [-0.1, -0.05) is 11.2 Å². The van der Waals surface area contributed by atoms with Gasteiger partial charge in [-0.15, -0.1) is 11.3 Å². The van der Waals surface area contributed by atoms with Gasteiger partial charge in [0.2, 0.25) is 0 Å². The lowest BCUT2D eigenvalue weighted by Crippen LogP contribution is -2.38. The number of thiophene rings is 1. The molecule has 1 saturated heterocycles. The van der Waals surface area contributed by atoms with E-state index in [9.17, 15) is 0 Å². The highest BCUT2D eigenvalue weighted by atomic mass is 32.1. The zero-order chi connectivity index (χ0) is 14.1. The molecule has 1 unspecified atom stereocenters. The fourth-order valence-electron chi connectivity index (χ4n) is 3.11. The third-order valence-corrected chi connectivity index (χ3v) is 5.25. The van der Waals surface area contributed by atoms with E-state index >= 15 is 0 Å². The first-order valence-electron chi connectivity index (χ1n) is 7.85. The fraction of sp³-hybridized carbons (Fsp3) is 0.562. The van der Waals surface area contributed by atoms with Crippen LogP contribution in [-0.4, -0.2) is 35.2 Å². The standard InChI is InChI=1S/C16H21N3OS/c1-3-12(17-7-1)10-19(14-5-6-14)11-13-9-15(20-18-13)16-4-2-8-21-16/h2,4,8-9,12,14,17H,1,3,5-7,10-11H2. The second-order valence-electron chi connectivity index (χ2n) is 6.11. The van der Waals surface area contributed by atoms with Crippen molar-refractivity contribution in [3.05, 3.63) is 29.3 Å². The molecule has 1 saturated carbocycles. The Balaban J connectivity index is 1.43. The minimum absolute atomic E-state index is 0.661. The van der Waals surface area contributed by atoms with Crippen LogP contribution in [0.25, 0.3) is 10.6 Å². The lowest BCUT2D eigenvalue weighted by atomic mass is 10.2. The van der Waals surface area contributed by atoms with E-state index in [1.807, 2.05) is 6.07 Å². The van der Waals surface area contributed by atoms with Gasteiger partial charge in [-0.25, -0.2) is 0 Å². The van der Waals surface area contributed by atoms with E-state index in [-0.39, 0.29) is 0 Å². The maximum absolute atomic E-state index is 5.50. The summed E-state index contributed by atoms with van der Waals surface area (Å²) in [5.41, 5.74) is 1.06. The molecule has 2 fully saturated rings. The number of aromatic nitrogens is 1.